The van der Waals surface area contributed by atoms with Gasteiger partial charge < -0.3 is 9.72 Å². The number of aromatic nitrogens is 1. The molecule has 2 aromatic heterocycles. The number of benzene rings is 1. The molecule has 3 aromatic rings. The third-order valence-corrected chi connectivity index (χ3v) is 7.80. The van der Waals surface area contributed by atoms with Crippen LogP contribution in [-0.4, -0.2) is 16.2 Å². The van der Waals surface area contributed by atoms with Crippen molar-refractivity contribution in [2.75, 3.05) is 5.32 Å². The average Bonchev–Trinajstić information content (AvgIpc) is 3.25. The molecule has 0 radical (unpaired) electrons. The van der Waals surface area contributed by atoms with Crippen molar-refractivity contribution in [3.05, 3.63) is 81.1 Å². The molecule has 0 bridgehead atoms. The highest BCUT2D eigenvalue weighted by atomic mass is 127. The van der Waals surface area contributed by atoms with Crippen LogP contribution in [0.25, 0.3) is 5.52 Å². The van der Waals surface area contributed by atoms with Crippen LogP contribution in [0.4, 0.5) is 14.6 Å². The second kappa shape index (κ2) is 9.80. The summed E-state index contributed by atoms with van der Waals surface area (Å²) in [6.45, 7) is 9.39. The summed E-state index contributed by atoms with van der Waals surface area (Å²) in [6.07, 6.45) is 5.06. The van der Waals surface area contributed by atoms with Crippen molar-refractivity contribution in [3.63, 3.8) is 0 Å². The second-order valence-corrected chi connectivity index (χ2v) is 10.9. The molecule has 34 heavy (non-hydrogen) atoms. The van der Waals surface area contributed by atoms with Crippen molar-refractivity contribution in [1.82, 2.24) is 4.40 Å². The van der Waals surface area contributed by atoms with Gasteiger partial charge in [-0.2, -0.15) is 0 Å². The first kappa shape index (κ1) is 24.9. The number of ketones is 1. The zero-order valence-corrected chi connectivity index (χ0v) is 22.0. The first-order valence-corrected chi connectivity index (χ1v) is 12.9. The third kappa shape index (κ3) is 5.21. The summed E-state index contributed by atoms with van der Waals surface area (Å²) in [7, 11) is 0. The molecule has 0 spiro atoms. The number of halogens is 3. The SMILES string of the molecule is C=C(C(=O)c1ccc(C(C)C)cc1I)C1CCC(Nc2cccc3cc(C(C)(F)F)cn23)CC1. The standard InChI is InChI=1S/C28H31F2IN2O/c1-17(2)20-10-13-24(25(31)14-20)27(34)18(3)19-8-11-22(12-9-19)32-26-7-5-6-23-15-21(16-33(23)26)28(4,29)30/h5-7,10,13-17,19,22,32H,3,8-9,11-12H2,1-2,4H3. The van der Waals surface area contributed by atoms with E-state index >= 15 is 0 Å². The number of nitrogens with zero attached hydrogens (tertiary/aromatic N) is 1. The van der Waals surface area contributed by atoms with Crippen LogP contribution in [0, 0.1) is 9.49 Å². The number of allylic oxidation sites excluding steroid dienone is 1. The van der Waals surface area contributed by atoms with E-state index in [1.165, 1.54) is 17.8 Å². The van der Waals surface area contributed by atoms with E-state index in [0.29, 0.717) is 11.5 Å². The van der Waals surface area contributed by atoms with Gasteiger partial charge in [-0.25, -0.2) is 8.78 Å². The summed E-state index contributed by atoms with van der Waals surface area (Å²) in [4.78, 5) is 13.2. The zero-order chi connectivity index (χ0) is 24.6. The second-order valence-electron chi connectivity index (χ2n) is 9.76. The molecule has 6 heteroatoms. The number of carbonyl (C=O) groups is 1. The van der Waals surface area contributed by atoms with Crippen LogP contribution in [-0.2, 0) is 5.92 Å². The summed E-state index contributed by atoms with van der Waals surface area (Å²) in [5.41, 5.74) is 3.41. The predicted octanol–water partition coefficient (Wildman–Crippen LogP) is 8.19. The molecule has 0 atom stereocenters. The molecule has 1 aromatic carbocycles. The molecule has 1 saturated carbocycles. The summed E-state index contributed by atoms with van der Waals surface area (Å²) in [6, 6.07) is 13.5. The Morgan fingerprint density at radius 2 is 1.85 bits per heavy atom. The maximum absolute atomic E-state index is 13.8. The lowest BCUT2D eigenvalue weighted by Crippen LogP contribution is -2.28. The molecule has 0 aliphatic heterocycles. The normalized spacial score (nSPS) is 18.9. The number of Topliss-reactive ketones (excluding diaryl/α,β-unsaturated/α-hetero) is 1. The molecule has 1 N–H and O–H groups in total. The molecule has 180 valence electrons. The maximum atomic E-state index is 13.8. The first-order chi connectivity index (χ1) is 16.0. The van der Waals surface area contributed by atoms with Gasteiger partial charge in [-0.1, -0.05) is 32.6 Å². The fourth-order valence-corrected chi connectivity index (χ4v) is 5.51. The van der Waals surface area contributed by atoms with Crippen LogP contribution in [0.2, 0.25) is 0 Å². The molecular weight excluding hydrogens is 545 g/mol. The lowest BCUT2D eigenvalue weighted by Gasteiger charge is -2.30. The molecule has 3 nitrogen and oxygen atoms in total. The zero-order valence-electron chi connectivity index (χ0n) is 19.9. The number of rotatable bonds is 7. The minimum Gasteiger partial charge on any atom is -0.368 e. The number of anilines is 1. The van der Waals surface area contributed by atoms with E-state index in [0.717, 1.165) is 53.1 Å². The van der Waals surface area contributed by atoms with Gasteiger partial charge in [0.15, 0.2) is 5.78 Å². The minimum absolute atomic E-state index is 0.0105. The van der Waals surface area contributed by atoms with E-state index in [2.05, 4.69) is 54.4 Å². The van der Waals surface area contributed by atoms with Crippen molar-refractivity contribution in [2.24, 2.45) is 5.92 Å². The Balaban J connectivity index is 1.40. The summed E-state index contributed by atoms with van der Waals surface area (Å²) >= 11 is 2.25. The fourth-order valence-electron chi connectivity index (χ4n) is 4.72. The Morgan fingerprint density at radius 1 is 1.15 bits per heavy atom. The van der Waals surface area contributed by atoms with Crippen molar-refractivity contribution < 1.29 is 13.6 Å². The number of carbonyl (C=O) groups excluding carboxylic acids is 1. The van der Waals surface area contributed by atoms with E-state index in [1.54, 1.807) is 4.40 Å². The molecule has 1 aliphatic rings. The maximum Gasteiger partial charge on any atom is 0.272 e. The van der Waals surface area contributed by atoms with Crippen molar-refractivity contribution in [2.45, 2.75) is 64.3 Å². The van der Waals surface area contributed by atoms with Crippen LogP contribution >= 0.6 is 22.6 Å². The van der Waals surface area contributed by atoms with Gasteiger partial charge in [0.1, 0.15) is 5.82 Å². The van der Waals surface area contributed by atoms with Crippen molar-refractivity contribution >= 4 is 39.7 Å². The van der Waals surface area contributed by atoms with Crippen molar-refractivity contribution in [3.8, 4) is 0 Å². The number of alkyl halides is 2. The Morgan fingerprint density at radius 3 is 2.47 bits per heavy atom. The third-order valence-electron chi connectivity index (χ3n) is 6.91. The fraction of sp³-hybridized carbons (Fsp3) is 0.393. The van der Waals surface area contributed by atoms with Gasteiger partial charge in [-0.15, -0.1) is 0 Å². The van der Waals surface area contributed by atoms with Gasteiger partial charge in [-0.3, -0.25) is 4.79 Å². The van der Waals surface area contributed by atoms with Crippen LogP contribution < -0.4 is 5.32 Å². The molecule has 1 fully saturated rings. The highest BCUT2D eigenvalue weighted by Crippen LogP contribution is 2.34. The number of hydrogen-bond acceptors (Lipinski definition) is 2. The van der Waals surface area contributed by atoms with Crippen LogP contribution in [0.3, 0.4) is 0 Å². The van der Waals surface area contributed by atoms with E-state index in [1.807, 2.05) is 30.3 Å². The highest BCUT2D eigenvalue weighted by molar-refractivity contribution is 14.1. The van der Waals surface area contributed by atoms with Crippen LogP contribution in [0.1, 0.15) is 73.9 Å². The lowest BCUT2D eigenvalue weighted by molar-refractivity contribution is 0.0176. The molecule has 0 saturated heterocycles. The number of nitrogens with one attached hydrogen (secondary N) is 1. The monoisotopic (exact) mass is 576 g/mol. The first-order valence-electron chi connectivity index (χ1n) is 11.8. The number of fused-ring (bicyclic) bond motifs is 1. The summed E-state index contributed by atoms with van der Waals surface area (Å²) in [5.74, 6) is -1.43. The molecule has 0 unspecified atom stereocenters. The molecule has 4 rings (SSSR count). The Bertz CT molecular complexity index is 1220. The van der Waals surface area contributed by atoms with Gasteiger partial charge in [-0.05, 0) is 102 Å². The molecule has 2 heterocycles. The molecule has 0 amide bonds. The largest absolute Gasteiger partial charge is 0.368 e. The van der Waals surface area contributed by atoms with Gasteiger partial charge in [0.2, 0.25) is 0 Å². The summed E-state index contributed by atoms with van der Waals surface area (Å²) < 4.78 is 30.4. The lowest BCUT2D eigenvalue weighted by atomic mass is 9.79. The van der Waals surface area contributed by atoms with Gasteiger partial charge in [0, 0.05) is 39.4 Å². The van der Waals surface area contributed by atoms with Gasteiger partial charge in [0.25, 0.3) is 5.92 Å². The topological polar surface area (TPSA) is 33.5 Å². The molecular formula is C28H31F2IN2O. The Labute approximate surface area is 213 Å². The van der Waals surface area contributed by atoms with Gasteiger partial charge in [0.05, 0.1) is 0 Å². The van der Waals surface area contributed by atoms with E-state index in [4.69, 9.17) is 0 Å². The number of hydrogen-bond donors (Lipinski definition) is 1. The predicted molar refractivity (Wildman–Crippen MR) is 143 cm³/mol. The molecule has 1 aliphatic carbocycles. The van der Waals surface area contributed by atoms with Crippen LogP contribution in [0.5, 0.6) is 0 Å². The van der Waals surface area contributed by atoms with Crippen LogP contribution in [0.15, 0.2) is 60.8 Å². The number of pyridine rings is 1. The Hall–Kier alpha value is -2.22. The van der Waals surface area contributed by atoms with Gasteiger partial charge >= 0.3 is 0 Å². The van der Waals surface area contributed by atoms with Crippen molar-refractivity contribution in [1.29, 1.82) is 0 Å². The quantitative estimate of drug-likeness (QED) is 0.175. The summed E-state index contributed by atoms with van der Waals surface area (Å²) in [5, 5.41) is 3.54. The van der Waals surface area contributed by atoms with E-state index in [9.17, 15) is 13.6 Å². The van der Waals surface area contributed by atoms with E-state index < -0.39 is 5.92 Å². The minimum atomic E-state index is -2.87. The Kier molecular flexibility index (Phi) is 7.17. The smallest absolute Gasteiger partial charge is 0.272 e. The van der Waals surface area contributed by atoms with E-state index in [-0.39, 0.29) is 23.3 Å². The highest BCUT2D eigenvalue weighted by Gasteiger charge is 2.29. The average molecular weight is 576 g/mol.